The Morgan fingerprint density at radius 3 is 2.45 bits per heavy atom. The van der Waals surface area contributed by atoms with Crippen molar-refractivity contribution < 1.29 is 23.7 Å². The van der Waals surface area contributed by atoms with Gasteiger partial charge in [0, 0.05) is 30.3 Å². The zero-order valence-corrected chi connectivity index (χ0v) is 17.1. The minimum atomic E-state index is -1.29. The number of fused-ring (bicyclic) bond motifs is 1. The van der Waals surface area contributed by atoms with Crippen LogP contribution in [0.4, 0.5) is 0 Å². The molecule has 8 heteroatoms. The monoisotopic (exact) mass is 397 g/mol. The molecule has 1 unspecified atom stereocenters. The van der Waals surface area contributed by atoms with Gasteiger partial charge >= 0.3 is 5.97 Å². The van der Waals surface area contributed by atoms with Gasteiger partial charge in [-0.15, -0.1) is 0 Å². The highest BCUT2D eigenvalue weighted by atomic mass is 16.6. The summed E-state index contributed by atoms with van der Waals surface area (Å²) >= 11 is 0. The van der Waals surface area contributed by atoms with Crippen LogP contribution in [0.5, 0.6) is 11.5 Å². The Morgan fingerprint density at radius 2 is 1.90 bits per heavy atom. The molecule has 0 saturated carbocycles. The summed E-state index contributed by atoms with van der Waals surface area (Å²) in [6.07, 6.45) is 1.33. The van der Waals surface area contributed by atoms with Crippen LogP contribution in [-0.4, -0.2) is 44.0 Å². The number of pyridine rings is 1. The van der Waals surface area contributed by atoms with E-state index in [9.17, 15) is 15.3 Å². The summed E-state index contributed by atoms with van der Waals surface area (Å²) in [6, 6.07) is 7.21. The van der Waals surface area contributed by atoms with Crippen LogP contribution in [-0.2, 0) is 14.3 Å². The number of esters is 1. The van der Waals surface area contributed by atoms with Gasteiger partial charge in [-0.05, 0) is 26.8 Å². The number of ether oxygens (including phenoxy) is 4. The fraction of sp³-hybridized carbons (Fsp3) is 0.429. The van der Waals surface area contributed by atoms with Gasteiger partial charge in [-0.2, -0.15) is 10.5 Å². The number of aromatic nitrogens is 1. The first-order valence-electron chi connectivity index (χ1n) is 8.90. The zero-order chi connectivity index (χ0) is 21.6. The van der Waals surface area contributed by atoms with Crippen molar-refractivity contribution in [2.24, 2.45) is 0 Å². The van der Waals surface area contributed by atoms with E-state index in [1.807, 2.05) is 12.1 Å². The quantitative estimate of drug-likeness (QED) is 0.517. The van der Waals surface area contributed by atoms with E-state index in [0.29, 0.717) is 35.6 Å². The molecule has 29 heavy (non-hydrogen) atoms. The Bertz CT molecular complexity index is 983. The third-order valence-electron chi connectivity index (χ3n) is 3.92. The normalized spacial score (nSPS) is 12.0. The summed E-state index contributed by atoms with van der Waals surface area (Å²) in [5.74, 6) is -1.21. The molecule has 2 rings (SSSR count). The molecule has 8 nitrogen and oxygen atoms in total. The molecule has 1 aromatic heterocycles. The second-order valence-corrected chi connectivity index (χ2v) is 7.15. The number of hydrogen-bond acceptors (Lipinski definition) is 8. The van der Waals surface area contributed by atoms with Gasteiger partial charge in [0.25, 0.3) is 0 Å². The van der Waals surface area contributed by atoms with Gasteiger partial charge in [0.2, 0.25) is 0 Å². The van der Waals surface area contributed by atoms with E-state index in [2.05, 4.69) is 4.98 Å². The summed E-state index contributed by atoms with van der Waals surface area (Å²) < 4.78 is 21.4. The Morgan fingerprint density at radius 1 is 1.17 bits per heavy atom. The number of methoxy groups -OCH3 is 2. The van der Waals surface area contributed by atoms with Crippen LogP contribution >= 0.6 is 0 Å². The number of carbonyl (C=O) groups excluding carboxylic acids is 1. The molecule has 2 aromatic rings. The molecule has 152 valence electrons. The van der Waals surface area contributed by atoms with Crippen molar-refractivity contribution in [2.75, 3.05) is 27.4 Å². The number of carbonyl (C=O) groups is 1. The van der Waals surface area contributed by atoms with E-state index < -0.39 is 17.5 Å². The van der Waals surface area contributed by atoms with Crippen LogP contribution < -0.4 is 9.47 Å². The van der Waals surface area contributed by atoms with Crippen molar-refractivity contribution in [1.29, 1.82) is 10.5 Å². The highest BCUT2D eigenvalue weighted by Crippen LogP contribution is 2.37. The molecule has 0 fully saturated rings. The van der Waals surface area contributed by atoms with Crippen LogP contribution in [0.15, 0.2) is 18.3 Å². The fourth-order valence-corrected chi connectivity index (χ4v) is 2.72. The topological polar surface area (TPSA) is 114 Å². The Kier molecular flexibility index (Phi) is 6.98. The lowest BCUT2D eigenvalue weighted by atomic mass is 9.92. The standard InChI is InChI=1S/C21H23N3O5/c1-21(2,3)29-20(25)15(11-23)19-13(10-22)12-24-16-9-18(28-7-6-26-4)17(27-5)8-14(16)19/h8-9,12,15H,6-7H2,1-5H3. The molecule has 1 atom stereocenters. The van der Waals surface area contributed by atoms with Crippen molar-refractivity contribution in [2.45, 2.75) is 32.3 Å². The van der Waals surface area contributed by atoms with Gasteiger partial charge in [-0.3, -0.25) is 9.78 Å². The molecule has 0 amide bonds. The van der Waals surface area contributed by atoms with Crippen molar-refractivity contribution in [3.05, 3.63) is 29.5 Å². The minimum Gasteiger partial charge on any atom is -0.493 e. The highest BCUT2D eigenvalue weighted by Gasteiger charge is 2.31. The van der Waals surface area contributed by atoms with E-state index in [1.54, 1.807) is 40.0 Å². The first kappa shape index (κ1) is 21.9. The maximum atomic E-state index is 12.7. The summed E-state index contributed by atoms with van der Waals surface area (Å²) in [7, 11) is 3.04. The van der Waals surface area contributed by atoms with Crippen molar-refractivity contribution in [3.8, 4) is 23.6 Å². The Hall–Kier alpha value is -3.36. The van der Waals surface area contributed by atoms with Gasteiger partial charge in [0.15, 0.2) is 17.4 Å². The van der Waals surface area contributed by atoms with Crippen molar-refractivity contribution in [3.63, 3.8) is 0 Å². The molecule has 0 aliphatic heterocycles. The second kappa shape index (κ2) is 9.22. The lowest BCUT2D eigenvalue weighted by Gasteiger charge is -2.22. The summed E-state index contributed by atoms with van der Waals surface area (Å²) in [6.45, 7) is 5.83. The molecule has 0 radical (unpaired) electrons. The lowest BCUT2D eigenvalue weighted by molar-refractivity contribution is -0.155. The third-order valence-corrected chi connectivity index (χ3v) is 3.92. The minimum absolute atomic E-state index is 0.116. The smallest absolute Gasteiger partial charge is 0.328 e. The van der Waals surface area contributed by atoms with E-state index in [4.69, 9.17) is 18.9 Å². The van der Waals surface area contributed by atoms with Gasteiger partial charge in [-0.1, -0.05) is 0 Å². The first-order chi connectivity index (χ1) is 13.8. The molecule has 0 spiro atoms. The van der Waals surface area contributed by atoms with Crippen LogP contribution in [0.1, 0.15) is 37.8 Å². The van der Waals surface area contributed by atoms with Crippen molar-refractivity contribution in [1.82, 2.24) is 4.98 Å². The highest BCUT2D eigenvalue weighted by molar-refractivity contribution is 5.94. The molecule has 1 aromatic carbocycles. The van der Waals surface area contributed by atoms with Crippen LogP contribution in [0.25, 0.3) is 10.9 Å². The lowest BCUT2D eigenvalue weighted by Crippen LogP contribution is -2.27. The molecular formula is C21H23N3O5. The maximum Gasteiger partial charge on any atom is 0.328 e. The Balaban J connectivity index is 2.65. The number of nitriles is 2. The van der Waals surface area contributed by atoms with Crippen LogP contribution in [0.3, 0.4) is 0 Å². The maximum absolute atomic E-state index is 12.7. The van der Waals surface area contributed by atoms with Gasteiger partial charge in [0.05, 0.1) is 30.9 Å². The van der Waals surface area contributed by atoms with E-state index in [1.165, 1.54) is 13.3 Å². The SMILES string of the molecule is COCCOc1cc2ncc(C#N)c(C(C#N)C(=O)OC(C)(C)C)c2cc1OC. The number of hydrogen-bond donors (Lipinski definition) is 0. The number of rotatable bonds is 7. The molecule has 0 saturated heterocycles. The van der Waals surface area contributed by atoms with Gasteiger partial charge < -0.3 is 18.9 Å². The second-order valence-electron chi connectivity index (χ2n) is 7.15. The van der Waals surface area contributed by atoms with Gasteiger partial charge in [0.1, 0.15) is 18.3 Å². The summed E-state index contributed by atoms with van der Waals surface area (Å²) in [5, 5.41) is 19.7. The number of benzene rings is 1. The summed E-state index contributed by atoms with van der Waals surface area (Å²) in [5.41, 5.74) is 0.0269. The molecular weight excluding hydrogens is 374 g/mol. The summed E-state index contributed by atoms with van der Waals surface area (Å²) in [4.78, 5) is 16.9. The zero-order valence-electron chi connectivity index (χ0n) is 17.1. The van der Waals surface area contributed by atoms with Gasteiger partial charge in [-0.25, -0.2) is 0 Å². The number of nitrogens with zero attached hydrogens (tertiary/aromatic N) is 3. The molecule has 0 aliphatic rings. The van der Waals surface area contributed by atoms with Crippen LogP contribution in [0, 0.1) is 22.7 Å². The average molecular weight is 397 g/mol. The largest absolute Gasteiger partial charge is 0.493 e. The van der Waals surface area contributed by atoms with Crippen LogP contribution in [0.2, 0.25) is 0 Å². The first-order valence-corrected chi connectivity index (χ1v) is 8.90. The molecule has 1 heterocycles. The van der Waals surface area contributed by atoms with E-state index in [0.717, 1.165) is 0 Å². The van der Waals surface area contributed by atoms with E-state index in [-0.39, 0.29) is 11.1 Å². The predicted octanol–water partition coefficient (Wildman–Crippen LogP) is 3.09. The Labute approximate surface area is 169 Å². The molecule has 0 aliphatic carbocycles. The predicted molar refractivity (Wildman–Crippen MR) is 105 cm³/mol. The van der Waals surface area contributed by atoms with Crippen molar-refractivity contribution >= 4 is 16.9 Å². The third kappa shape index (κ3) is 5.13. The fourth-order valence-electron chi connectivity index (χ4n) is 2.72. The molecule has 0 bridgehead atoms. The average Bonchev–Trinajstić information content (AvgIpc) is 2.66. The molecule has 0 N–H and O–H groups in total. The van der Waals surface area contributed by atoms with E-state index >= 15 is 0 Å².